The normalized spacial score (nSPS) is 16.7. The van der Waals surface area contributed by atoms with Crippen molar-refractivity contribution >= 4 is 17.8 Å². The molecule has 0 radical (unpaired) electrons. The number of nitrogens with zero attached hydrogens (tertiary/aromatic N) is 1. The molecule has 2 rings (SSSR count). The zero-order chi connectivity index (χ0) is 14.0. The SMILES string of the molecule is COC(=O)C1=C(O)/C(=C/c2cccc(O)c2)N=C1C. The maximum Gasteiger partial charge on any atom is 0.343 e. The second-order valence-corrected chi connectivity index (χ2v) is 4.04. The van der Waals surface area contributed by atoms with Crippen LogP contribution >= 0.6 is 0 Å². The van der Waals surface area contributed by atoms with Gasteiger partial charge in [-0.25, -0.2) is 9.79 Å². The number of aliphatic hydroxyl groups excluding tert-OH is 1. The zero-order valence-electron chi connectivity index (χ0n) is 10.5. The molecule has 98 valence electrons. The molecule has 2 N–H and O–H groups in total. The van der Waals surface area contributed by atoms with Crippen LogP contribution in [0.25, 0.3) is 6.08 Å². The Bertz CT molecular complexity index is 626. The van der Waals surface area contributed by atoms with Crippen LogP contribution < -0.4 is 0 Å². The van der Waals surface area contributed by atoms with Gasteiger partial charge in [-0.05, 0) is 30.7 Å². The van der Waals surface area contributed by atoms with Crippen molar-refractivity contribution < 1.29 is 19.7 Å². The van der Waals surface area contributed by atoms with Gasteiger partial charge in [-0.1, -0.05) is 12.1 Å². The lowest BCUT2D eigenvalue weighted by Crippen LogP contribution is -2.11. The molecule has 5 nitrogen and oxygen atoms in total. The third-order valence-electron chi connectivity index (χ3n) is 2.69. The van der Waals surface area contributed by atoms with E-state index in [4.69, 9.17) is 0 Å². The van der Waals surface area contributed by atoms with E-state index in [0.717, 1.165) is 0 Å². The van der Waals surface area contributed by atoms with Gasteiger partial charge in [-0.15, -0.1) is 0 Å². The number of carbonyl (C=O) groups excluding carboxylic acids is 1. The van der Waals surface area contributed by atoms with Crippen LogP contribution in [0.3, 0.4) is 0 Å². The van der Waals surface area contributed by atoms with Gasteiger partial charge in [-0.2, -0.15) is 0 Å². The largest absolute Gasteiger partial charge is 0.508 e. The van der Waals surface area contributed by atoms with Gasteiger partial charge < -0.3 is 14.9 Å². The van der Waals surface area contributed by atoms with E-state index in [1.165, 1.54) is 13.2 Å². The molecule has 1 heterocycles. The van der Waals surface area contributed by atoms with Crippen molar-refractivity contribution in [1.29, 1.82) is 0 Å². The van der Waals surface area contributed by atoms with Crippen molar-refractivity contribution in [3.8, 4) is 5.75 Å². The van der Waals surface area contributed by atoms with Crippen LogP contribution in [0.1, 0.15) is 12.5 Å². The van der Waals surface area contributed by atoms with Crippen molar-refractivity contribution in [3.05, 3.63) is 46.9 Å². The smallest absolute Gasteiger partial charge is 0.343 e. The lowest BCUT2D eigenvalue weighted by Gasteiger charge is -2.00. The summed E-state index contributed by atoms with van der Waals surface area (Å²) in [6.45, 7) is 1.62. The average molecular weight is 259 g/mol. The summed E-state index contributed by atoms with van der Waals surface area (Å²) in [7, 11) is 1.24. The number of esters is 1. The summed E-state index contributed by atoms with van der Waals surface area (Å²) in [4.78, 5) is 15.6. The van der Waals surface area contributed by atoms with E-state index in [1.807, 2.05) is 0 Å². The van der Waals surface area contributed by atoms with Crippen LogP contribution in [-0.2, 0) is 9.53 Å². The molecule has 0 spiro atoms. The Balaban J connectivity index is 2.43. The Kier molecular flexibility index (Phi) is 3.37. The monoisotopic (exact) mass is 259 g/mol. The summed E-state index contributed by atoms with van der Waals surface area (Å²) >= 11 is 0. The third kappa shape index (κ3) is 2.49. The molecule has 0 bridgehead atoms. The van der Waals surface area contributed by atoms with Gasteiger partial charge in [0.25, 0.3) is 0 Å². The first kappa shape index (κ1) is 12.9. The van der Waals surface area contributed by atoms with E-state index in [1.54, 1.807) is 31.2 Å². The summed E-state index contributed by atoms with van der Waals surface area (Å²) < 4.78 is 4.59. The molecule has 1 aromatic carbocycles. The average Bonchev–Trinajstić information content (AvgIpc) is 2.64. The zero-order valence-corrected chi connectivity index (χ0v) is 10.5. The lowest BCUT2D eigenvalue weighted by molar-refractivity contribution is -0.135. The van der Waals surface area contributed by atoms with Gasteiger partial charge in [0.15, 0.2) is 5.76 Å². The fraction of sp³-hybridized carbons (Fsp3) is 0.143. The molecule has 0 unspecified atom stereocenters. The van der Waals surface area contributed by atoms with Crippen LogP contribution in [0.15, 0.2) is 46.3 Å². The minimum Gasteiger partial charge on any atom is -0.508 e. The molecule has 0 aliphatic carbocycles. The van der Waals surface area contributed by atoms with Crippen LogP contribution in [0.4, 0.5) is 0 Å². The molecule has 5 heteroatoms. The fourth-order valence-corrected chi connectivity index (χ4v) is 1.81. The number of hydrogen-bond donors (Lipinski definition) is 2. The molecule has 0 amide bonds. The summed E-state index contributed by atoms with van der Waals surface area (Å²) in [5.74, 6) is -0.726. The molecule has 1 aliphatic heterocycles. The Morgan fingerprint density at radius 2 is 2.11 bits per heavy atom. The Morgan fingerprint density at radius 3 is 2.74 bits per heavy atom. The van der Waals surface area contributed by atoms with E-state index < -0.39 is 5.97 Å². The van der Waals surface area contributed by atoms with Crippen LogP contribution in [-0.4, -0.2) is 29.0 Å². The number of hydrogen-bond acceptors (Lipinski definition) is 5. The van der Waals surface area contributed by atoms with Crippen LogP contribution in [0.2, 0.25) is 0 Å². The fourth-order valence-electron chi connectivity index (χ4n) is 1.81. The van der Waals surface area contributed by atoms with Gasteiger partial charge in [0.05, 0.1) is 12.8 Å². The van der Waals surface area contributed by atoms with Crippen molar-refractivity contribution in [2.24, 2.45) is 4.99 Å². The van der Waals surface area contributed by atoms with Gasteiger partial charge in [0.2, 0.25) is 0 Å². The first-order chi connectivity index (χ1) is 9.02. The standard InChI is InChI=1S/C14H13NO4/c1-8-12(14(18)19-2)13(17)11(15-8)7-9-4-3-5-10(16)6-9/h3-7,16-17H,1-2H3/b11-7-. The van der Waals surface area contributed by atoms with E-state index in [9.17, 15) is 15.0 Å². The number of carbonyl (C=O) groups is 1. The summed E-state index contributed by atoms with van der Waals surface area (Å²) in [5, 5.41) is 19.4. The predicted octanol–water partition coefficient (Wildman–Crippen LogP) is 2.19. The van der Waals surface area contributed by atoms with Crippen molar-refractivity contribution in [2.75, 3.05) is 7.11 Å². The molecule has 19 heavy (non-hydrogen) atoms. The summed E-state index contributed by atoms with van der Waals surface area (Å²) in [6.07, 6.45) is 1.58. The number of rotatable bonds is 2. The topological polar surface area (TPSA) is 79.1 Å². The van der Waals surface area contributed by atoms with E-state index in [0.29, 0.717) is 11.3 Å². The number of aliphatic imine (C=N–C) groups is 1. The van der Waals surface area contributed by atoms with E-state index in [-0.39, 0.29) is 22.8 Å². The Morgan fingerprint density at radius 1 is 1.37 bits per heavy atom. The molecular weight excluding hydrogens is 246 g/mol. The van der Waals surface area contributed by atoms with Crippen molar-refractivity contribution in [1.82, 2.24) is 0 Å². The molecular formula is C14H13NO4. The third-order valence-corrected chi connectivity index (χ3v) is 2.69. The number of benzene rings is 1. The van der Waals surface area contributed by atoms with Gasteiger partial charge in [0, 0.05) is 0 Å². The van der Waals surface area contributed by atoms with Crippen LogP contribution in [0.5, 0.6) is 5.75 Å². The number of phenolic OH excluding ortho intramolecular Hbond substituents is 1. The molecule has 1 aliphatic rings. The molecule has 0 saturated heterocycles. The van der Waals surface area contributed by atoms with Gasteiger partial charge >= 0.3 is 5.97 Å². The van der Waals surface area contributed by atoms with Gasteiger partial charge in [0.1, 0.15) is 17.0 Å². The second kappa shape index (κ2) is 4.97. The van der Waals surface area contributed by atoms with E-state index >= 15 is 0 Å². The van der Waals surface area contributed by atoms with Crippen molar-refractivity contribution in [3.63, 3.8) is 0 Å². The van der Waals surface area contributed by atoms with Gasteiger partial charge in [-0.3, -0.25) is 0 Å². The highest BCUT2D eigenvalue weighted by Crippen LogP contribution is 2.26. The highest BCUT2D eigenvalue weighted by molar-refractivity contribution is 6.21. The maximum atomic E-state index is 11.5. The molecule has 0 atom stereocenters. The highest BCUT2D eigenvalue weighted by atomic mass is 16.5. The summed E-state index contributed by atoms with van der Waals surface area (Å²) in [5.41, 5.74) is 1.40. The number of aliphatic hydroxyl groups is 1. The predicted molar refractivity (Wildman–Crippen MR) is 70.9 cm³/mol. The molecule has 1 aromatic rings. The number of phenols is 1. The first-order valence-electron chi connectivity index (χ1n) is 5.61. The van der Waals surface area contributed by atoms with E-state index in [2.05, 4.69) is 9.73 Å². The Labute approximate surface area is 110 Å². The second-order valence-electron chi connectivity index (χ2n) is 4.04. The number of methoxy groups -OCH3 is 1. The lowest BCUT2D eigenvalue weighted by atomic mass is 10.1. The minimum atomic E-state index is -0.627. The number of aromatic hydroxyl groups is 1. The van der Waals surface area contributed by atoms with Crippen molar-refractivity contribution in [2.45, 2.75) is 6.92 Å². The maximum absolute atomic E-state index is 11.5. The van der Waals surface area contributed by atoms with Crippen LogP contribution in [0, 0.1) is 0 Å². The first-order valence-corrected chi connectivity index (χ1v) is 5.61. The summed E-state index contributed by atoms with van der Waals surface area (Å²) in [6, 6.07) is 6.50. The molecule has 0 aromatic heterocycles. The minimum absolute atomic E-state index is 0.0638. The quantitative estimate of drug-likeness (QED) is 0.798. The Hall–Kier alpha value is -2.56. The molecule has 0 saturated carbocycles. The highest BCUT2D eigenvalue weighted by Gasteiger charge is 2.27. The number of ether oxygens (including phenoxy) is 1. The molecule has 0 fully saturated rings.